The van der Waals surface area contributed by atoms with Crippen molar-refractivity contribution in [2.45, 2.75) is 12.3 Å². The molecule has 2 heterocycles. The maximum absolute atomic E-state index is 13.2. The van der Waals surface area contributed by atoms with Gasteiger partial charge in [0.2, 0.25) is 6.75 Å². The first-order valence-electron chi connectivity index (χ1n) is 9.22. The Morgan fingerprint density at radius 2 is 2.00 bits per heavy atom. The first kappa shape index (κ1) is 13.1. The number of hydrogen-bond acceptors (Lipinski definition) is 3. The van der Waals surface area contributed by atoms with Gasteiger partial charge >= 0.3 is 0 Å². The Morgan fingerprint density at radius 1 is 1.17 bits per heavy atom. The van der Waals surface area contributed by atoms with Crippen LogP contribution >= 0.6 is 0 Å². The van der Waals surface area contributed by atoms with Crippen LogP contribution in [0.25, 0.3) is 0 Å². The molecule has 4 rings (SSSR count). The number of quaternary nitrogens is 1. The normalized spacial score (nSPS) is 25.7. The Morgan fingerprint density at radius 3 is 2.88 bits per heavy atom. The summed E-state index contributed by atoms with van der Waals surface area (Å²) in [6.07, 6.45) is 1.03. The van der Waals surface area contributed by atoms with Gasteiger partial charge in [0.05, 0.1) is 19.7 Å². The van der Waals surface area contributed by atoms with Crippen LogP contribution in [-0.2, 0) is 0 Å². The molecule has 0 amide bonds. The zero-order chi connectivity index (χ0) is 18.1. The molecule has 126 valence electrons. The fourth-order valence-corrected chi connectivity index (χ4v) is 3.42. The molecule has 5 heteroatoms. The molecule has 0 aliphatic carbocycles. The molecule has 2 N–H and O–H groups in total. The number of nitrogens with two attached hydrogens (primary N) is 1. The first-order chi connectivity index (χ1) is 12.5. The number of rotatable bonds is 4. The summed E-state index contributed by atoms with van der Waals surface area (Å²) >= 11 is 0. The van der Waals surface area contributed by atoms with Gasteiger partial charge in [-0.2, -0.15) is 0 Å². The minimum absolute atomic E-state index is 0.218. The van der Waals surface area contributed by atoms with E-state index in [1.165, 1.54) is 12.1 Å². The maximum atomic E-state index is 13.2. The van der Waals surface area contributed by atoms with Gasteiger partial charge in [-0.3, -0.25) is 0 Å². The van der Waals surface area contributed by atoms with Crippen molar-refractivity contribution in [1.82, 2.24) is 0 Å². The van der Waals surface area contributed by atoms with Crippen molar-refractivity contribution in [3.8, 4) is 17.2 Å². The zero-order valence-corrected chi connectivity index (χ0v) is 13.2. The second kappa shape index (κ2) is 6.69. The average Bonchev–Trinajstić information content (AvgIpc) is 2.94. The molecule has 1 saturated heterocycles. The Kier molecular flexibility index (Phi) is 3.64. The Labute approximate surface area is 143 Å². The molecule has 2 atom stereocenters. The van der Waals surface area contributed by atoms with Crippen LogP contribution in [0.5, 0.6) is 17.2 Å². The van der Waals surface area contributed by atoms with Crippen molar-refractivity contribution >= 4 is 0 Å². The quantitative estimate of drug-likeness (QED) is 0.934. The van der Waals surface area contributed by atoms with E-state index in [2.05, 4.69) is 5.32 Å². The highest BCUT2D eigenvalue weighted by Crippen LogP contribution is 2.36. The molecule has 0 spiro atoms. The predicted molar refractivity (Wildman–Crippen MR) is 87.0 cm³/mol. The summed E-state index contributed by atoms with van der Waals surface area (Å²) in [7, 11) is 0. The van der Waals surface area contributed by atoms with Crippen LogP contribution in [0.15, 0.2) is 42.5 Å². The Hall–Kier alpha value is -2.27. The van der Waals surface area contributed by atoms with Crippen LogP contribution in [0.3, 0.4) is 0 Å². The van der Waals surface area contributed by atoms with Crippen molar-refractivity contribution in [3.05, 3.63) is 53.8 Å². The van der Waals surface area contributed by atoms with Crippen molar-refractivity contribution < 1.29 is 26.7 Å². The zero-order valence-electron chi connectivity index (χ0n) is 15.2. The lowest BCUT2D eigenvalue weighted by atomic mass is 9.81. The molecule has 1 fully saturated rings. The smallest absolute Gasteiger partial charge is 0.231 e. The number of fused-ring (bicyclic) bond motifs is 1. The van der Waals surface area contributed by atoms with E-state index in [1.54, 1.807) is 18.2 Å². The fourth-order valence-electron chi connectivity index (χ4n) is 3.42. The monoisotopic (exact) mass is 332 g/mol. The lowest BCUT2D eigenvalue weighted by Gasteiger charge is -2.30. The third-order valence-electron chi connectivity index (χ3n) is 4.70. The van der Waals surface area contributed by atoms with Gasteiger partial charge in [0.1, 0.15) is 14.3 Å². The second-order valence-corrected chi connectivity index (χ2v) is 6.23. The number of hydrogen-bond donors (Lipinski definition) is 1. The van der Waals surface area contributed by atoms with Crippen LogP contribution < -0.4 is 19.5 Å². The minimum atomic E-state index is -2.13. The molecule has 2 aromatic rings. The largest absolute Gasteiger partial charge is 0.493 e. The van der Waals surface area contributed by atoms with Crippen LogP contribution in [0.2, 0.25) is 0 Å². The van der Waals surface area contributed by atoms with Gasteiger partial charge in [0, 0.05) is 24.3 Å². The number of benzene rings is 2. The molecule has 2 aliphatic rings. The van der Waals surface area contributed by atoms with Gasteiger partial charge < -0.3 is 19.5 Å². The summed E-state index contributed by atoms with van der Waals surface area (Å²) in [5.74, 6) is 1.77. The molecule has 0 saturated carbocycles. The van der Waals surface area contributed by atoms with E-state index in [9.17, 15) is 4.39 Å². The van der Waals surface area contributed by atoms with Gasteiger partial charge in [-0.15, -0.1) is 0 Å². The molecular formula is C19H21FNO3+. The standard InChI is InChI=1S/C19H20FNO3/c20-15-3-1-13(2-4-15)17-7-8-21-10-14(17)11-22-16-5-6-18-19(9-16)24-12-23-18/h1-6,9,14,17,21H,7-8,10-12H2/p+1/t14-,17-/m0/s1/i12D2. The van der Waals surface area contributed by atoms with E-state index in [-0.39, 0.29) is 5.82 Å². The maximum Gasteiger partial charge on any atom is 0.231 e. The third kappa shape index (κ3) is 3.17. The SMILES string of the molecule is [2H]C1([2H])Oc2ccc(OC[C@@H]3C[NH2+]CC[C@H]3c3ccc(F)cc3)cc2O1. The highest BCUT2D eigenvalue weighted by atomic mass is 19.1. The highest BCUT2D eigenvalue weighted by Gasteiger charge is 2.29. The first-order valence-corrected chi connectivity index (χ1v) is 8.22. The van der Waals surface area contributed by atoms with E-state index in [0.717, 1.165) is 25.1 Å². The molecule has 4 nitrogen and oxygen atoms in total. The van der Waals surface area contributed by atoms with Crippen LogP contribution in [0.1, 0.15) is 20.6 Å². The van der Waals surface area contributed by atoms with Gasteiger partial charge in [0.15, 0.2) is 11.5 Å². The van der Waals surface area contributed by atoms with Crippen LogP contribution in [-0.4, -0.2) is 26.4 Å². The second-order valence-electron chi connectivity index (χ2n) is 6.23. The van der Waals surface area contributed by atoms with E-state index in [1.807, 2.05) is 12.1 Å². The van der Waals surface area contributed by atoms with Crippen LogP contribution in [0.4, 0.5) is 4.39 Å². The van der Waals surface area contributed by atoms with E-state index in [4.69, 9.17) is 17.0 Å². The minimum Gasteiger partial charge on any atom is -0.493 e. The Bertz CT molecular complexity index is 785. The van der Waals surface area contributed by atoms with Crippen molar-refractivity contribution in [3.63, 3.8) is 0 Å². The van der Waals surface area contributed by atoms with Crippen molar-refractivity contribution in [2.75, 3.05) is 26.4 Å². The molecular weight excluding hydrogens is 309 g/mol. The van der Waals surface area contributed by atoms with Crippen LogP contribution in [0, 0.1) is 11.7 Å². The Balaban J connectivity index is 1.44. The van der Waals surface area contributed by atoms with Gasteiger partial charge in [-0.05, 0) is 29.8 Å². The summed E-state index contributed by atoms with van der Waals surface area (Å²) in [5.41, 5.74) is 1.15. The number of piperidine rings is 1. The summed E-state index contributed by atoms with van der Waals surface area (Å²) in [6.45, 7) is 0.408. The van der Waals surface area contributed by atoms with Gasteiger partial charge in [-0.25, -0.2) is 4.39 Å². The molecule has 24 heavy (non-hydrogen) atoms. The molecule has 0 aromatic heterocycles. The summed E-state index contributed by atoms with van der Waals surface area (Å²) in [6, 6.07) is 11.8. The molecule has 2 aromatic carbocycles. The van der Waals surface area contributed by atoms with E-state index >= 15 is 0 Å². The van der Waals surface area contributed by atoms with Crippen molar-refractivity contribution in [2.24, 2.45) is 5.92 Å². The summed E-state index contributed by atoms with van der Waals surface area (Å²) < 4.78 is 44.3. The summed E-state index contributed by atoms with van der Waals surface area (Å²) in [4.78, 5) is 0. The number of ether oxygens (including phenoxy) is 3. The molecule has 2 aliphatic heterocycles. The fraction of sp³-hybridized carbons (Fsp3) is 0.368. The van der Waals surface area contributed by atoms with E-state index in [0.29, 0.717) is 35.7 Å². The van der Waals surface area contributed by atoms with Crippen molar-refractivity contribution in [1.29, 1.82) is 0 Å². The molecule has 0 unspecified atom stereocenters. The topological polar surface area (TPSA) is 44.3 Å². The van der Waals surface area contributed by atoms with E-state index < -0.39 is 6.75 Å². The lowest BCUT2D eigenvalue weighted by Crippen LogP contribution is -2.88. The number of halogens is 1. The third-order valence-corrected chi connectivity index (χ3v) is 4.70. The summed E-state index contributed by atoms with van der Waals surface area (Å²) in [5, 5.41) is 2.28. The van der Waals surface area contributed by atoms with Gasteiger partial charge in [-0.1, -0.05) is 12.1 Å². The lowest BCUT2D eigenvalue weighted by molar-refractivity contribution is -0.670. The highest BCUT2D eigenvalue weighted by molar-refractivity contribution is 5.46. The average molecular weight is 332 g/mol. The molecule has 0 bridgehead atoms. The molecule has 0 radical (unpaired) electrons. The predicted octanol–water partition coefficient (Wildman–Crippen LogP) is 2.30. The van der Waals surface area contributed by atoms with Gasteiger partial charge in [0.25, 0.3) is 0 Å².